The van der Waals surface area contributed by atoms with E-state index in [9.17, 15) is 0 Å². The van der Waals surface area contributed by atoms with Gasteiger partial charge in [-0.1, -0.05) is 20.8 Å². The first-order valence-electron chi connectivity index (χ1n) is 6.48. The van der Waals surface area contributed by atoms with Crippen molar-refractivity contribution in [2.24, 2.45) is 5.92 Å². The van der Waals surface area contributed by atoms with Gasteiger partial charge in [-0.3, -0.25) is 0 Å². The lowest BCUT2D eigenvalue weighted by atomic mass is 9.87. The predicted octanol–water partition coefficient (Wildman–Crippen LogP) is 4.78. The molecule has 0 heterocycles. The van der Waals surface area contributed by atoms with Gasteiger partial charge in [-0.25, -0.2) is 0 Å². The summed E-state index contributed by atoms with van der Waals surface area (Å²) in [4.78, 5) is 0. The third-order valence-corrected chi connectivity index (χ3v) is 5.27. The summed E-state index contributed by atoms with van der Waals surface area (Å²) in [7, 11) is 0. The predicted molar refractivity (Wildman–Crippen MR) is 71.4 cm³/mol. The molecule has 88 valence electrons. The molecule has 16 heavy (non-hydrogen) atoms. The topological polar surface area (TPSA) is 0 Å². The smallest absolute Gasteiger partial charge is 0.0153 e. The van der Waals surface area contributed by atoms with E-state index in [-0.39, 0.29) is 0 Å². The van der Waals surface area contributed by atoms with Crippen LogP contribution >= 0.6 is 0 Å². The van der Waals surface area contributed by atoms with Gasteiger partial charge < -0.3 is 0 Å². The molecule has 0 fully saturated rings. The summed E-state index contributed by atoms with van der Waals surface area (Å²) in [6, 6.07) is 0. The molecule has 0 bridgehead atoms. The van der Waals surface area contributed by atoms with Gasteiger partial charge in [-0.2, -0.15) is 0 Å². The fraction of sp³-hybridized carbons (Fsp3) is 0.625. The van der Waals surface area contributed by atoms with Crippen LogP contribution in [0.2, 0.25) is 0 Å². The van der Waals surface area contributed by atoms with Crippen LogP contribution in [0.15, 0.2) is 0 Å². The molecule has 0 saturated carbocycles. The summed E-state index contributed by atoms with van der Waals surface area (Å²) in [6.45, 7) is 16.4. The maximum Gasteiger partial charge on any atom is -0.0153 e. The Morgan fingerprint density at radius 3 is 1.19 bits per heavy atom. The zero-order chi connectivity index (χ0) is 12.2. The Labute approximate surface area is 100 Å². The highest BCUT2D eigenvalue weighted by Gasteiger charge is 2.35. The van der Waals surface area contributed by atoms with Gasteiger partial charge in [0.15, 0.2) is 0 Å². The fourth-order valence-electron chi connectivity index (χ4n) is 3.50. The number of fused-ring (bicyclic) bond motifs is 1. The van der Waals surface area contributed by atoms with Crippen molar-refractivity contribution in [2.75, 3.05) is 0 Å². The Bertz CT molecular complexity index is 399. The maximum atomic E-state index is 2.40. The Hall–Kier alpha value is -0.780. The zero-order valence-corrected chi connectivity index (χ0v) is 11.7. The van der Waals surface area contributed by atoms with Crippen molar-refractivity contribution in [2.45, 2.75) is 60.3 Å². The number of hydrogen-bond acceptors (Lipinski definition) is 0. The minimum absolute atomic E-state index is 0.725. The van der Waals surface area contributed by atoms with E-state index in [4.69, 9.17) is 0 Å². The number of hydrogen-bond donors (Lipinski definition) is 0. The zero-order valence-electron chi connectivity index (χ0n) is 11.7. The second-order valence-electron chi connectivity index (χ2n) is 5.76. The van der Waals surface area contributed by atoms with E-state index in [2.05, 4.69) is 48.5 Å². The average molecular weight is 216 g/mol. The monoisotopic (exact) mass is 216 g/mol. The van der Waals surface area contributed by atoms with Crippen LogP contribution in [0, 0.1) is 33.6 Å². The van der Waals surface area contributed by atoms with Gasteiger partial charge in [-0.05, 0) is 78.8 Å². The molecule has 0 nitrogen and oxygen atoms in total. The standard InChI is InChI=1S/C16H24/c1-8-9(2)12(5)16-14(7)10(3)13(6)15(16)11(8)4/h10,13-14H,1-7H3/t10?,13-,14+. The quantitative estimate of drug-likeness (QED) is 0.585. The molecule has 0 heteroatoms. The Kier molecular flexibility index (Phi) is 2.64. The summed E-state index contributed by atoms with van der Waals surface area (Å²) in [5.41, 5.74) is 9.40. The second-order valence-corrected chi connectivity index (χ2v) is 5.76. The molecule has 0 saturated heterocycles. The van der Waals surface area contributed by atoms with E-state index in [1.807, 2.05) is 0 Å². The van der Waals surface area contributed by atoms with Crippen LogP contribution in [-0.2, 0) is 0 Å². The Balaban J connectivity index is 2.80. The van der Waals surface area contributed by atoms with Crippen LogP contribution in [-0.4, -0.2) is 0 Å². The maximum absolute atomic E-state index is 2.40. The molecule has 1 aliphatic carbocycles. The van der Waals surface area contributed by atoms with Crippen molar-refractivity contribution >= 4 is 0 Å². The van der Waals surface area contributed by atoms with Crippen LogP contribution in [0.4, 0.5) is 0 Å². The van der Waals surface area contributed by atoms with Crippen molar-refractivity contribution in [1.29, 1.82) is 0 Å². The lowest BCUT2D eigenvalue weighted by molar-refractivity contribution is 0.463. The van der Waals surface area contributed by atoms with Crippen molar-refractivity contribution in [3.05, 3.63) is 33.4 Å². The molecule has 0 aliphatic heterocycles. The van der Waals surface area contributed by atoms with Crippen molar-refractivity contribution in [3.63, 3.8) is 0 Å². The van der Waals surface area contributed by atoms with Gasteiger partial charge in [0.1, 0.15) is 0 Å². The first-order chi connectivity index (χ1) is 7.37. The summed E-state index contributed by atoms with van der Waals surface area (Å²) in [6.07, 6.45) is 0. The van der Waals surface area contributed by atoms with Gasteiger partial charge in [0.2, 0.25) is 0 Å². The molecule has 1 aliphatic rings. The molecule has 0 aromatic heterocycles. The van der Waals surface area contributed by atoms with E-state index in [1.54, 1.807) is 22.3 Å². The molecular formula is C16H24. The SMILES string of the molecule is Cc1c(C)c(C)c2c(c1C)[C@@H](C)C(C)[C@H]2C. The largest absolute Gasteiger partial charge is 0.0614 e. The number of benzene rings is 1. The van der Waals surface area contributed by atoms with Gasteiger partial charge in [0, 0.05) is 0 Å². The fourth-order valence-corrected chi connectivity index (χ4v) is 3.50. The van der Waals surface area contributed by atoms with Crippen LogP contribution in [0.25, 0.3) is 0 Å². The van der Waals surface area contributed by atoms with E-state index < -0.39 is 0 Å². The van der Waals surface area contributed by atoms with Crippen molar-refractivity contribution in [3.8, 4) is 0 Å². The van der Waals surface area contributed by atoms with Gasteiger partial charge in [0.05, 0.1) is 0 Å². The molecule has 1 aromatic carbocycles. The molecule has 0 amide bonds. The van der Waals surface area contributed by atoms with E-state index in [0.717, 1.165) is 17.8 Å². The lowest BCUT2D eigenvalue weighted by Crippen LogP contribution is -2.02. The minimum atomic E-state index is 0.725. The third kappa shape index (κ3) is 1.28. The first-order valence-corrected chi connectivity index (χ1v) is 6.48. The van der Waals surface area contributed by atoms with E-state index in [1.165, 1.54) is 11.1 Å². The summed E-state index contributed by atoms with van der Waals surface area (Å²) >= 11 is 0. The normalized spacial score (nSPS) is 28.3. The highest BCUT2D eigenvalue weighted by molar-refractivity contribution is 5.55. The minimum Gasteiger partial charge on any atom is -0.0614 e. The van der Waals surface area contributed by atoms with E-state index >= 15 is 0 Å². The molecule has 2 rings (SSSR count). The molecule has 1 aromatic rings. The van der Waals surface area contributed by atoms with Crippen molar-refractivity contribution < 1.29 is 0 Å². The third-order valence-electron chi connectivity index (χ3n) is 5.27. The summed E-state index contributed by atoms with van der Waals surface area (Å²) < 4.78 is 0. The average Bonchev–Trinajstić information content (AvgIpc) is 2.48. The van der Waals surface area contributed by atoms with Crippen LogP contribution in [0.1, 0.15) is 66.0 Å². The molecule has 0 radical (unpaired) electrons. The summed E-state index contributed by atoms with van der Waals surface area (Å²) in [5.74, 6) is 2.24. The molecular weight excluding hydrogens is 192 g/mol. The van der Waals surface area contributed by atoms with Crippen LogP contribution in [0.5, 0.6) is 0 Å². The molecule has 0 spiro atoms. The first kappa shape index (κ1) is 11.7. The Morgan fingerprint density at radius 2 is 0.875 bits per heavy atom. The lowest BCUT2D eigenvalue weighted by Gasteiger charge is -2.18. The van der Waals surface area contributed by atoms with Crippen LogP contribution < -0.4 is 0 Å². The highest BCUT2D eigenvalue weighted by atomic mass is 14.4. The molecule has 3 atom stereocenters. The van der Waals surface area contributed by atoms with Gasteiger partial charge >= 0.3 is 0 Å². The summed E-state index contributed by atoms with van der Waals surface area (Å²) in [5, 5.41) is 0. The van der Waals surface area contributed by atoms with Crippen molar-refractivity contribution in [1.82, 2.24) is 0 Å². The van der Waals surface area contributed by atoms with E-state index in [0.29, 0.717) is 0 Å². The molecule has 0 N–H and O–H groups in total. The van der Waals surface area contributed by atoms with Crippen LogP contribution in [0.3, 0.4) is 0 Å². The Morgan fingerprint density at radius 1 is 0.562 bits per heavy atom. The van der Waals surface area contributed by atoms with Gasteiger partial charge in [-0.15, -0.1) is 0 Å². The highest BCUT2D eigenvalue weighted by Crippen LogP contribution is 2.49. The number of rotatable bonds is 0. The molecule has 1 unspecified atom stereocenters. The van der Waals surface area contributed by atoms with Gasteiger partial charge in [0.25, 0.3) is 0 Å². The second kappa shape index (κ2) is 3.61.